The fraction of sp³-hybridized carbons (Fsp3) is 0.625. The second-order valence-corrected chi connectivity index (χ2v) is 6.90. The molecule has 2 fully saturated rings. The summed E-state index contributed by atoms with van der Waals surface area (Å²) < 4.78 is 4.87. The Morgan fingerprint density at radius 2 is 2.00 bits per heavy atom. The number of thioether (sulfide) groups is 1. The van der Waals surface area contributed by atoms with Crippen LogP contribution < -0.4 is 0 Å². The summed E-state index contributed by atoms with van der Waals surface area (Å²) in [6.45, 7) is 4.90. The first-order valence-electron chi connectivity index (χ1n) is 8.42. The maximum atomic E-state index is 12.4. The highest BCUT2D eigenvalue weighted by Gasteiger charge is 2.27. The lowest BCUT2D eigenvalue weighted by molar-refractivity contribution is -0.131. The maximum Gasteiger partial charge on any atom is 0.410 e. The molecule has 0 aliphatic carbocycles. The lowest BCUT2D eigenvalue weighted by Gasteiger charge is -2.23. The van der Waals surface area contributed by atoms with Gasteiger partial charge in [-0.3, -0.25) is 14.6 Å². The Balaban J connectivity index is 1.49. The number of cyclic esters (lactones) is 1. The second kappa shape index (κ2) is 8.48. The van der Waals surface area contributed by atoms with Gasteiger partial charge in [0.25, 0.3) is 0 Å². The van der Waals surface area contributed by atoms with Crippen molar-refractivity contribution in [2.24, 2.45) is 0 Å². The number of carbonyl (C=O) groups is 2. The number of hydrogen-bond donors (Lipinski definition) is 0. The zero-order valence-corrected chi connectivity index (χ0v) is 15.2. The molecule has 1 aromatic heterocycles. The number of rotatable bonds is 5. The van der Waals surface area contributed by atoms with Gasteiger partial charge in [-0.2, -0.15) is 0 Å². The van der Waals surface area contributed by atoms with E-state index in [1.54, 1.807) is 0 Å². The summed E-state index contributed by atoms with van der Waals surface area (Å²) in [5, 5.41) is 0.775. The topological polar surface area (TPSA) is 78.9 Å². The van der Waals surface area contributed by atoms with Crippen LogP contribution in [0.4, 0.5) is 4.79 Å². The van der Waals surface area contributed by atoms with Gasteiger partial charge in [-0.25, -0.2) is 14.8 Å². The number of ether oxygens (including phenoxy) is 1. The van der Waals surface area contributed by atoms with E-state index in [0.717, 1.165) is 43.3 Å². The van der Waals surface area contributed by atoms with Crippen LogP contribution in [0.3, 0.4) is 0 Å². The molecule has 136 valence electrons. The Kier molecular flexibility index (Phi) is 6.09. The van der Waals surface area contributed by atoms with Crippen molar-refractivity contribution in [2.45, 2.75) is 18.1 Å². The summed E-state index contributed by atoms with van der Waals surface area (Å²) in [5.74, 6) is -0.00615. The standard InChI is InChI=1S/C16H23N5O3S/c1-25-15-17-9-13(10-18-15)11-19-3-2-4-20(6-5-19)14(22)12-21-7-8-24-16(21)23/h9-10H,2-8,11-12H2,1H3. The molecule has 9 heteroatoms. The number of hydrogen-bond acceptors (Lipinski definition) is 7. The van der Waals surface area contributed by atoms with E-state index >= 15 is 0 Å². The van der Waals surface area contributed by atoms with E-state index in [4.69, 9.17) is 4.74 Å². The summed E-state index contributed by atoms with van der Waals surface area (Å²) in [5.41, 5.74) is 1.08. The van der Waals surface area contributed by atoms with Gasteiger partial charge >= 0.3 is 6.09 Å². The average Bonchev–Trinajstić information content (AvgIpc) is 2.88. The van der Waals surface area contributed by atoms with E-state index in [2.05, 4.69) is 14.9 Å². The van der Waals surface area contributed by atoms with Gasteiger partial charge in [0.2, 0.25) is 5.91 Å². The molecule has 0 bridgehead atoms. The number of nitrogens with zero attached hydrogens (tertiary/aromatic N) is 5. The Morgan fingerprint density at radius 1 is 1.20 bits per heavy atom. The summed E-state index contributed by atoms with van der Waals surface area (Å²) in [6, 6.07) is 0. The first-order valence-corrected chi connectivity index (χ1v) is 9.65. The molecular formula is C16H23N5O3S. The second-order valence-electron chi connectivity index (χ2n) is 6.12. The molecule has 25 heavy (non-hydrogen) atoms. The lowest BCUT2D eigenvalue weighted by Crippen LogP contribution is -2.42. The Bertz CT molecular complexity index is 612. The third-order valence-electron chi connectivity index (χ3n) is 4.38. The largest absolute Gasteiger partial charge is 0.448 e. The van der Waals surface area contributed by atoms with Crippen molar-refractivity contribution in [3.8, 4) is 0 Å². The van der Waals surface area contributed by atoms with Gasteiger partial charge in [-0.1, -0.05) is 11.8 Å². The molecule has 2 aliphatic heterocycles. The van der Waals surface area contributed by atoms with Crippen LogP contribution in [0.1, 0.15) is 12.0 Å². The molecule has 0 N–H and O–H groups in total. The molecule has 2 saturated heterocycles. The van der Waals surface area contributed by atoms with Crippen molar-refractivity contribution in [3.63, 3.8) is 0 Å². The van der Waals surface area contributed by atoms with Gasteiger partial charge in [0.15, 0.2) is 5.16 Å². The van der Waals surface area contributed by atoms with Crippen LogP contribution in [-0.2, 0) is 16.1 Å². The van der Waals surface area contributed by atoms with Gasteiger partial charge in [-0.05, 0) is 12.7 Å². The quantitative estimate of drug-likeness (QED) is 0.561. The average molecular weight is 365 g/mol. The van der Waals surface area contributed by atoms with Crippen LogP contribution in [0.25, 0.3) is 0 Å². The SMILES string of the molecule is CSc1ncc(CN2CCCN(C(=O)CN3CCOC3=O)CC2)cn1. The highest BCUT2D eigenvalue weighted by Crippen LogP contribution is 2.12. The molecule has 0 spiro atoms. The predicted molar refractivity (Wildman–Crippen MR) is 93.2 cm³/mol. The molecule has 0 unspecified atom stereocenters. The van der Waals surface area contributed by atoms with Gasteiger partial charge in [0.1, 0.15) is 13.2 Å². The minimum absolute atomic E-state index is 0.00615. The Hall–Kier alpha value is -1.87. The van der Waals surface area contributed by atoms with Crippen molar-refractivity contribution in [1.82, 2.24) is 24.7 Å². The fourth-order valence-corrected chi connectivity index (χ4v) is 3.32. The molecule has 3 rings (SSSR count). The third kappa shape index (κ3) is 4.82. The summed E-state index contributed by atoms with van der Waals surface area (Å²) in [4.78, 5) is 38.1. The molecule has 1 aromatic rings. The predicted octanol–water partition coefficient (Wildman–Crippen LogP) is 0.685. The van der Waals surface area contributed by atoms with E-state index in [0.29, 0.717) is 19.7 Å². The molecule has 3 heterocycles. The molecule has 0 saturated carbocycles. The monoisotopic (exact) mass is 365 g/mol. The van der Waals surface area contributed by atoms with Crippen LogP contribution in [0.5, 0.6) is 0 Å². The lowest BCUT2D eigenvalue weighted by atomic mass is 10.3. The van der Waals surface area contributed by atoms with E-state index in [1.807, 2.05) is 23.5 Å². The molecule has 2 aliphatic rings. The number of carbonyl (C=O) groups excluding carboxylic acids is 2. The van der Waals surface area contributed by atoms with E-state index in [1.165, 1.54) is 16.7 Å². The molecule has 0 aromatic carbocycles. The highest BCUT2D eigenvalue weighted by atomic mass is 32.2. The first kappa shape index (κ1) is 17.9. The summed E-state index contributed by atoms with van der Waals surface area (Å²) in [7, 11) is 0. The molecule has 0 atom stereocenters. The third-order valence-corrected chi connectivity index (χ3v) is 4.96. The van der Waals surface area contributed by atoms with Gasteiger partial charge in [-0.15, -0.1) is 0 Å². The van der Waals surface area contributed by atoms with Gasteiger partial charge < -0.3 is 9.64 Å². The van der Waals surface area contributed by atoms with Crippen molar-refractivity contribution >= 4 is 23.8 Å². The summed E-state index contributed by atoms with van der Waals surface area (Å²) >= 11 is 1.53. The van der Waals surface area contributed by atoms with Crippen molar-refractivity contribution in [2.75, 3.05) is 52.1 Å². The van der Waals surface area contributed by atoms with Crippen LogP contribution in [-0.4, -0.2) is 88.8 Å². The Labute approximate surface area is 151 Å². The van der Waals surface area contributed by atoms with Crippen LogP contribution in [0.15, 0.2) is 17.6 Å². The molecule has 0 radical (unpaired) electrons. The zero-order valence-electron chi connectivity index (χ0n) is 14.4. The van der Waals surface area contributed by atoms with E-state index < -0.39 is 6.09 Å². The van der Waals surface area contributed by atoms with Gasteiger partial charge in [0.05, 0.1) is 6.54 Å². The van der Waals surface area contributed by atoms with E-state index in [-0.39, 0.29) is 12.5 Å². The zero-order chi connectivity index (χ0) is 17.6. The normalized spacial score (nSPS) is 19.0. The molecule has 8 nitrogen and oxygen atoms in total. The van der Waals surface area contributed by atoms with Crippen molar-refractivity contribution < 1.29 is 14.3 Å². The fourth-order valence-electron chi connectivity index (χ4n) is 3.00. The van der Waals surface area contributed by atoms with Crippen molar-refractivity contribution in [1.29, 1.82) is 0 Å². The number of aromatic nitrogens is 2. The van der Waals surface area contributed by atoms with Crippen LogP contribution in [0.2, 0.25) is 0 Å². The van der Waals surface area contributed by atoms with Crippen LogP contribution >= 0.6 is 11.8 Å². The summed E-state index contributed by atoms with van der Waals surface area (Å²) in [6.07, 6.45) is 6.22. The van der Waals surface area contributed by atoms with E-state index in [9.17, 15) is 9.59 Å². The maximum absolute atomic E-state index is 12.4. The van der Waals surface area contributed by atoms with Crippen molar-refractivity contribution in [3.05, 3.63) is 18.0 Å². The Morgan fingerprint density at radius 3 is 2.68 bits per heavy atom. The first-order chi connectivity index (χ1) is 12.2. The minimum Gasteiger partial charge on any atom is -0.448 e. The smallest absolute Gasteiger partial charge is 0.410 e. The molecule has 2 amide bonds. The minimum atomic E-state index is -0.390. The molecular weight excluding hydrogens is 342 g/mol. The van der Waals surface area contributed by atoms with Crippen LogP contribution in [0, 0.1) is 0 Å². The van der Waals surface area contributed by atoms with Gasteiger partial charge in [0, 0.05) is 50.7 Å². The highest BCUT2D eigenvalue weighted by molar-refractivity contribution is 7.98. The number of amides is 2.